The Morgan fingerprint density at radius 1 is 1.37 bits per heavy atom. The summed E-state index contributed by atoms with van der Waals surface area (Å²) in [5.41, 5.74) is 1.17. The van der Waals surface area contributed by atoms with Crippen LogP contribution < -0.4 is 10.1 Å². The number of hydrogen-bond donors (Lipinski definition) is 1. The van der Waals surface area contributed by atoms with Crippen LogP contribution >= 0.6 is 0 Å². The Morgan fingerprint density at radius 2 is 2.16 bits per heavy atom. The van der Waals surface area contributed by atoms with Crippen LogP contribution in [-0.4, -0.2) is 16.7 Å². The minimum absolute atomic E-state index is 0.221. The molecule has 4 nitrogen and oxygen atoms in total. The van der Waals surface area contributed by atoms with Gasteiger partial charge in [-0.2, -0.15) is 0 Å². The maximum atomic E-state index is 5.39. The van der Waals surface area contributed by atoms with Gasteiger partial charge in [0.1, 0.15) is 11.6 Å². The number of methoxy groups -OCH3 is 1. The van der Waals surface area contributed by atoms with E-state index in [0.29, 0.717) is 0 Å². The monoisotopic (exact) mass is 259 g/mol. The van der Waals surface area contributed by atoms with E-state index >= 15 is 0 Å². The van der Waals surface area contributed by atoms with Gasteiger partial charge in [0, 0.05) is 30.5 Å². The first-order valence-corrected chi connectivity index (χ1v) is 6.62. The Labute approximate surface area is 114 Å². The molecule has 102 valence electrons. The fourth-order valence-corrected chi connectivity index (χ4v) is 2.17. The third-order valence-corrected chi connectivity index (χ3v) is 3.31. The molecule has 0 radical (unpaired) electrons. The lowest BCUT2D eigenvalue weighted by molar-refractivity contribution is 0.400. The number of ether oxygens (including phenoxy) is 1. The van der Waals surface area contributed by atoms with E-state index in [1.54, 1.807) is 7.11 Å². The van der Waals surface area contributed by atoms with Crippen LogP contribution in [0.25, 0.3) is 0 Å². The van der Waals surface area contributed by atoms with Gasteiger partial charge in [-0.05, 0) is 19.9 Å². The zero-order valence-corrected chi connectivity index (χ0v) is 11.8. The number of benzene rings is 1. The van der Waals surface area contributed by atoms with Crippen LogP contribution in [0.4, 0.5) is 0 Å². The number of imidazole rings is 1. The Balaban J connectivity index is 2.03. The minimum Gasteiger partial charge on any atom is -0.496 e. The number of nitrogens with zero attached hydrogens (tertiary/aromatic N) is 2. The van der Waals surface area contributed by atoms with Crippen molar-refractivity contribution in [3.63, 3.8) is 0 Å². The molecular formula is C15H21N3O. The summed E-state index contributed by atoms with van der Waals surface area (Å²) in [6, 6.07) is 8.31. The maximum Gasteiger partial charge on any atom is 0.123 e. The van der Waals surface area contributed by atoms with E-state index in [4.69, 9.17) is 4.74 Å². The summed E-state index contributed by atoms with van der Waals surface area (Å²) < 4.78 is 7.53. The van der Waals surface area contributed by atoms with E-state index in [1.807, 2.05) is 30.6 Å². The Hall–Kier alpha value is -1.81. The molecular weight excluding hydrogens is 238 g/mol. The Morgan fingerprint density at radius 3 is 2.89 bits per heavy atom. The van der Waals surface area contributed by atoms with Crippen LogP contribution in [0.2, 0.25) is 0 Å². The number of aryl methyl sites for hydroxylation is 1. The minimum atomic E-state index is 0.221. The molecule has 1 atom stereocenters. The largest absolute Gasteiger partial charge is 0.496 e. The highest BCUT2D eigenvalue weighted by Gasteiger charge is 2.11. The molecule has 1 heterocycles. The topological polar surface area (TPSA) is 39.1 Å². The van der Waals surface area contributed by atoms with Gasteiger partial charge < -0.3 is 14.6 Å². The van der Waals surface area contributed by atoms with Crippen LogP contribution in [0.15, 0.2) is 36.7 Å². The highest BCUT2D eigenvalue weighted by Crippen LogP contribution is 2.24. The van der Waals surface area contributed by atoms with Crippen molar-refractivity contribution < 1.29 is 4.74 Å². The maximum absolute atomic E-state index is 5.39. The lowest BCUT2D eigenvalue weighted by Gasteiger charge is -2.17. The average molecular weight is 259 g/mol. The normalized spacial score (nSPS) is 12.4. The Bertz CT molecular complexity index is 522. The molecule has 0 spiro atoms. The van der Waals surface area contributed by atoms with Crippen LogP contribution in [0.3, 0.4) is 0 Å². The summed E-state index contributed by atoms with van der Waals surface area (Å²) in [6.07, 6.45) is 3.85. The van der Waals surface area contributed by atoms with E-state index < -0.39 is 0 Å². The smallest absolute Gasteiger partial charge is 0.123 e. The van der Waals surface area contributed by atoms with Crippen molar-refractivity contribution >= 4 is 0 Å². The molecule has 1 aromatic heterocycles. The summed E-state index contributed by atoms with van der Waals surface area (Å²) in [5, 5.41) is 3.49. The molecule has 2 rings (SSSR count). The van der Waals surface area contributed by atoms with Gasteiger partial charge in [0.25, 0.3) is 0 Å². The second-order valence-electron chi connectivity index (χ2n) is 4.47. The molecule has 0 aliphatic heterocycles. The van der Waals surface area contributed by atoms with Gasteiger partial charge in [0.15, 0.2) is 0 Å². The summed E-state index contributed by atoms with van der Waals surface area (Å²) in [5.74, 6) is 1.98. The number of nitrogens with one attached hydrogen (secondary N) is 1. The third kappa shape index (κ3) is 3.15. The molecule has 19 heavy (non-hydrogen) atoms. The van der Waals surface area contributed by atoms with Crippen LogP contribution in [0.1, 0.15) is 31.3 Å². The second-order valence-corrected chi connectivity index (χ2v) is 4.47. The summed E-state index contributed by atoms with van der Waals surface area (Å²) in [6.45, 7) is 5.95. The molecule has 1 N–H and O–H groups in total. The van der Waals surface area contributed by atoms with Crippen molar-refractivity contribution in [3.8, 4) is 5.75 Å². The number of rotatable bonds is 6. The third-order valence-electron chi connectivity index (χ3n) is 3.31. The Kier molecular flexibility index (Phi) is 4.58. The first-order valence-electron chi connectivity index (χ1n) is 6.62. The van der Waals surface area contributed by atoms with Crippen LogP contribution in [-0.2, 0) is 13.1 Å². The predicted octanol–water partition coefficient (Wildman–Crippen LogP) is 2.76. The predicted molar refractivity (Wildman–Crippen MR) is 76.1 cm³/mol. The van der Waals surface area contributed by atoms with Crippen LogP contribution in [0, 0.1) is 0 Å². The zero-order valence-electron chi connectivity index (χ0n) is 11.8. The van der Waals surface area contributed by atoms with Crippen molar-refractivity contribution in [1.82, 2.24) is 14.9 Å². The van der Waals surface area contributed by atoms with Gasteiger partial charge in [0.05, 0.1) is 13.7 Å². The van der Waals surface area contributed by atoms with E-state index in [2.05, 4.69) is 34.8 Å². The number of aromatic nitrogens is 2. The van der Waals surface area contributed by atoms with E-state index in [-0.39, 0.29) is 6.04 Å². The molecule has 0 aliphatic rings. The van der Waals surface area contributed by atoms with E-state index in [1.165, 1.54) is 5.56 Å². The lowest BCUT2D eigenvalue weighted by atomic mass is 10.1. The molecule has 0 saturated carbocycles. The summed E-state index contributed by atoms with van der Waals surface area (Å²) >= 11 is 0. The molecule has 0 amide bonds. The van der Waals surface area contributed by atoms with Gasteiger partial charge in [-0.15, -0.1) is 0 Å². The SMILES string of the molecule is CCn1ccnc1CN[C@@H](C)c1ccccc1OC. The quantitative estimate of drug-likeness (QED) is 0.867. The van der Waals surface area contributed by atoms with Crippen molar-refractivity contribution in [2.75, 3.05) is 7.11 Å². The molecule has 0 aliphatic carbocycles. The van der Waals surface area contributed by atoms with Gasteiger partial charge in [-0.1, -0.05) is 18.2 Å². The fourth-order valence-electron chi connectivity index (χ4n) is 2.17. The number of hydrogen-bond acceptors (Lipinski definition) is 3. The molecule has 0 saturated heterocycles. The first-order chi connectivity index (χ1) is 9.26. The van der Waals surface area contributed by atoms with Gasteiger partial charge in [0.2, 0.25) is 0 Å². The molecule has 4 heteroatoms. The standard InChI is InChI=1S/C15H21N3O/c1-4-18-10-9-16-15(18)11-17-12(2)13-7-5-6-8-14(13)19-3/h5-10,12,17H,4,11H2,1-3H3/t12-/m0/s1. The molecule has 0 bridgehead atoms. The molecule has 0 unspecified atom stereocenters. The van der Waals surface area contributed by atoms with Crippen molar-refractivity contribution in [2.24, 2.45) is 0 Å². The molecule has 0 fully saturated rings. The first kappa shape index (κ1) is 13.6. The van der Waals surface area contributed by atoms with Crippen molar-refractivity contribution in [3.05, 3.63) is 48.0 Å². The summed E-state index contributed by atoms with van der Waals surface area (Å²) in [7, 11) is 1.70. The number of para-hydroxylation sites is 1. The molecule has 2 aromatic rings. The van der Waals surface area contributed by atoms with E-state index in [0.717, 1.165) is 24.7 Å². The highest BCUT2D eigenvalue weighted by atomic mass is 16.5. The lowest BCUT2D eigenvalue weighted by Crippen LogP contribution is -2.21. The van der Waals surface area contributed by atoms with Gasteiger partial charge >= 0.3 is 0 Å². The molecule has 1 aromatic carbocycles. The average Bonchev–Trinajstić information content (AvgIpc) is 2.92. The van der Waals surface area contributed by atoms with Crippen molar-refractivity contribution in [2.45, 2.75) is 33.0 Å². The fraction of sp³-hybridized carbons (Fsp3) is 0.400. The highest BCUT2D eigenvalue weighted by molar-refractivity contribution is 5.35. The zero-order chi connectivity index (χ0) is 13.7. The summed E-state index contributed by atoms with van der Waals surface area (Å²) in [4.78, 5) is 4.36. The van der Waals surface area contributed by atoms with Gasteiger partial charge in [-0.25, -0.2) is 4.98 Å². The van der Waals surface area contributed by atoms with E-state index in [9.17, 15) is 0 Å². The van der Waals surface area contributed by atoms with Gasteiger partial charge in [-0.3, -0.25) is 0 Å². The second kappa shape index (κ2) is 6.38. The van der Waals surface area contributed by atoms with Crippen molar-refractivity contribution in [1.29, 1.82) is 0 Å². The van der Waals surface area contributed by atoms with Crippen LogP contribution in [0.5, 0.6) is 5.75 Å².